The van der Waals surface area contributed by atoms with Crippen molar-refractivity contribution in [3.8, 4) is 17.2 Å². The van der Waals surface area contributed by atoms with Crippen LogP contribution in [0.5, 0.6) is 17.2 Å². The molecule has 7 nitrogen and oxygen atoms in total. The maximum absolute atomic E-state index is 14.4. The molecule has 2 amide bonds. The van der Waals surface area contributed by atoms with Crippen LogP contribution in [0.1, 0.15) is 38.2 Å². The van der Waals surface area contributed by atoms with Crippen molar-refractivity contribution in [2.45, 2.75) is 25.3 Å². The number of benzene rings is 4. The number of nitrogens with one attached hydrogen (secondary N) is 1. The van der Waals surface area contributed by atoms with Gasteiger partial charge in [0.2, 0.25) is 12.7 Å². The van der Waals surface area contributed by atoms with Gasteiger partial charge in [0.1, 0.15) is 17.8 Å². The highest BCUT2D eigenvalue weighted by Gasteiger charge is 2.57. The molecule has 0 fully saturated rings. The van der Waals surface area contributed by atoms with Crippen molar-refractivity contribution in [1.82, 2.24) is 5.32 Å². The van der Waals surface area contributed by atoms with Gasteiger partial charge < -0.3 is 24.4 Å². The summed E-state index contributed by atoms with van der Waals surface area (Å²) < 4.78 is 17.3. The van der Waals surface area contributed by atoms with Gasteiger partial charge in [-0.25, -0.2) is 0 Å². The lowest BCUT2D eigenvalue weighted by atomic mass is 9.77. The number of hydrogen-bond acceptors (Lipinski definition) is 5. The summed E-state index contributed by atoms with van der Waals surface area (Å²) in [6.07, 6.45) is 0.743. The molecule has 4 aromatic rings. The zero-order valence-electron chi connectivity index (χ0n) is 22.1. The van der Waals surface area contributed by atoms with Gasteiger partial charge in [-0.05, 0) is 48.2 Å². The van der Waals surface area contributed by atoms with Crippen LogP contribution in [-0.4, -0.2) is 31.8 Å². The second-order valence-corrected chi connectivity index (χ2v) is 10.5. The van der Waals surface area contributed by atoms with E-state index in [-0.39, 0.29) is 31.8 Å². The molecule has 1 unspecified atom stereocenters. The number of fused-ring (bicyclic) bond motifs is 5. The van der Waals surface area contributed by atoms with Gasteiger partial charge >= 0.3 is 0 Å². The van der Waals surface area contributed by atoms with E-state index in [0.717, 1.165) is 28.8 Å². The molecule has 200 valence electrons. The average Bonchev–Trinajstić information content (AvgIpc) is 3.65. The number of hydrogen-bond donors (Lipinski definition) is 1. The summed E-state index contributed by atoms with van der Waals surface area (Å²) in [5.74, 6) is 1.62. The van der Waals surface area contributed by atoms with Crippen molar-refractivity contribution >= 4 is 17.5 Å². The minimum Gasteiger partial charge on any atom is -0.491 e. The molecule has 3 aliphatic rings. The molecule has 0 saturated carbocycles. The Balaban J connectivity index is 1.17. The third-order valence-electron chi connectivity index (χ3n) is 8.05. The Bertz CT molecular complexity index is 1650. The Labute approximate surface area is 232 Å². The second-order valence-electron chi connectivity index (χ2n) is 10.5. The first-order chi connectivity index (χ1) is 19.5. The Morgan fingerprint density at radius 3 is 2.48 bits per heavy atom. The van der Waals surface area contributed by atoms with E-state index < -0.39 is 5.41 Å². The van der Waals surface area contributed by atoms with Crippen LogP contribution in [0.3, 0.4) is 0 Å². The summed E-state index contributed by atoms with van der Waals surface area (Å²) in [5, 5.41) is 3.06. The van der Waals surface area contributed by atoms with Crippen LogP contribution in [0.2, 0.25) is 0 Å². The Hall–Kier alpha value is -4.78. The number of carbonyl (C=O) groups is 2. The maximum atomic E-state index is 14.4. The van der Waals surface area contributed by atoms with Crippen LogP contribution in [0.4, 0.5) is 5.69 Å². The molecule has 3 aliphatic heterocycles. The quantitative estimate of drug-likeness (QED) is 0.382. The van der Waals surface area contributed by atoms with E-state index in [0.29, 0.717) is 29.4 Å². The summed E-state index contributed by atoms with van der Waals surface area (Å²) in [4.78, 5) is 29.4. The highest BCUT2D eigenvalue weighted by Crippen LogP contribution is 2.55. The molecule has 0 aromatic heterocycles. The van der Waals surface area contributed by atoms with Crippen LogP contribution in [0.25, 0.3) is 0 Å². The number of anilines is 1. The van der Waals surface area contributed by atoms with E-state index in [2.05, 4.69) is 36.5 Å². The summed E-state index contributed by atoms with van der Waals surface area (Å²) >= 11 is 0. The molecule has 1 atom stereocenters. The minimum atomic E-state index is -0.988. The summed E-state index contributed by atoms with van der Waals surface area (Å²) in [7, 11) is 0. The van der Waals surface area contributed by atoms with Gasteiger partial charge in [0, 0.05) is 29.4 Å². The number of aryl methyl sites for hydroxylation is 1. The van der Waals surface area contributed by atoms with Crippen molar-refractivity contribution in [2.75, 3.05) is 24.8 Å². The topological polar surface area (TPSA) is 77.1 Å². The van der Waals surface area contributed by atoms with Crippen LogP contribution in [0, 0.1) is 6.92 Å². The zero-order valence-corrected chi connectivity index (χ0v) is 22.1. The van der Waals surface area contributed by atoms with Crippen LogP contribution < -0.4 is 24.4 Å². The molecule has 0 saturated heterocycles. The van der Waals surface area contributed by atoms with E-state index in [4.69, 9.17) is 14.2 Å². The van der Waals surface area contributed by atoms with E-state index in [1.54, 1.807) is 11.0 Å². The standard InChI is InChI=1S/C33H28N2O5/c1-21-10-12-22(13-11-21)14-15-34-31(36)24-7-3-2-6-23(24)18-35-27-9-5-4-8-25(27)33(32(35)37)19-38-28-17-30-29(16-26(28)33)39-20-40-30/h2-13,16-17H,14-15,18-20H2,1H3,(H,34,36). The van der Waals surface area contributed by atoms with Gasteiger partial charge in [-0.15, -0.1) is 0 Å². The number of amides is 2. The van der Waals surface area contributed by atoms with Gasteiger partial charge in [-0.3, -0.25) is 9.59 Å². The molecular formula is C33H28N2O5. The third kappa shape index (κ3) is 3.80. The Morgan fingerprint density at radius 2 is 1.62 bits per heavy atom. The fraction of sp³-hybridized carbons (Fsp3) is 0.212. The van der Waals surface area contributed by atoms with Gasteiger partial charge in [-0.2, -0.15) is 0 Å². The molecule has 0 bridgehead atoms. The number of nitrogens with zero attached hydrogens (tertiary/aromatic N) is 1. The zero-order chi connectivity index (χ0) is 27.3. The maximum Gasteiger partial charge on any atom is 0.251 e. The van der Waals surface area contributed by atoms with Crippen molar-refractivity contribution in [3.05, 3.63) is 118 Å². The molecule has 4 aromatic carbocycles. The SMILES string of the molecule is Cc1ccc(CCNC(=O)c2ccccc2CN2C(=O)C3(COc4cc5c(cc43)OCO5)c3ccccc32)cc1. The summed E-state index contributed by atoms with van der Waals surface area (Å²) in [6.45, 7) is 3.18. The van der Waals surface area contributed by atoms with Crippen molar-refractivity contribution in [1.29, 1.82) is 0 Å². The summed E-state index contributed by atoms with van der Waals surface area (Å²) in [5.41, 5.74) is 5.21. The predicted octanol–water partition coefficient (Wildman–Crippen LogP) is 4.92. The highest BCUT2D eigenvalue weighted by atomic mass is 16.7. The molecular weight excluding hydrogens is 504 g/mol. The Kier molecular flexibility index (Phi) is 5.73. The molecule has 3 heterocycles. The molecule has 1 spiro atoms. The number of carbonyl (C=O) groups excluding carboxylic acids is 2. The average molecular weight is 533 g/mol. The van der Waals surface area contributed by atoms with Crippen LogP contribution in [0.15, 0.2) is 84.9 Å². The highest BCUT2D eigenvalue weighted by molar-refractivity contribution is 6.11. The number of rotatable bonds is 6. The van der Waals surface area contributed by atoms with Crippen molar-refractivity contribution in [3.63, 3.8) is 0 Å². The van der Waals surface area contributed by atoms with E-state index >= 15 is 0 Å². The number of ether oxygens (including phenoxy) is 3. The van der Waals surface area contributed by atoms with Crippen molar-refractivity contribution in [2.24, 2.45) is 0 Å². The largest absolute Gasteiger partial charge is 0.491 e. The van der Waals surface area contributed by atoms with E-state index in [1.807, 2.05) is 54.6 Å². The lowest BCUT2D eigenvalue weighted by Crippen LogP contribution is -2.42. The molecule has 0 aliphatic carbocycles. The first kappa shape index (κ1) is 24.3. The van der Waals surface area contributed by atoms with Gasteiger partial charge in [-0.1, -0.05) is 66.2 Å². The first-order valence-corrected chi connectivity index (χ1v) is 13.4. The molecule has 0 radical (unpaired) electrons. The lowest BCUT2D eigenvalue weighted by Gasteiger charge is -2.24. The minimum absolute atomic E-state index is 0.0825. The van der Waals surface area contributed by atoms with Crippen LogP contribution in [-0.2, 0) is 23.2 Å². The fourth-order valence-corrected chi connectivity index (χ4v) is 5.94. The summed E-state index contributed by atoms with van der Waals surface area (Å²) in [6, 6.07) is 27.3. The van der Waals surface area contributed by atoms with E-state index in [1.165, 1.54) is 11.1 Å². The lowest BCUT2D eigenvalue weighted by molar-refractivity contribution is -0.122. The Morgan fingerprint density at radius 1 is 0.875 bits per heavy atom. The molecule has 7 rings (SSSR count). The first-order valence-electron chi connectivity index (χ1n) is 13.4. The monoisotopic (exact) mass is 532 g/mol. The molecule has 40 heavy (non-hydrogen) atoms. The molecule has 7 heteroatoms. The number of para-hydroxylation sites is 1. The van der Waals surface area contributed by atoms with Crippen LogP contribution >= 0.6 is 0 Å². The van der Waals surface area contributed by atoms with Gasteiger partial charge in [0.15, 0.2) is 11.5 Å². The fourth-order valence-electron chi connectivity index (χ4n) is 5.94. The van der Waals surface area contributed by atoms with Gasteiger partial charge in [0.25, 0.3) is 5.91 Å². The predicted molar refractivity (Wildman–Crippen MR) is 150 cm³/mol. The van der Waals surface area contributed by atoms with E-state index in [9.17, 15) is 9.59 Å². The smallest absolute Gasteiger partial charge is 0.251 e. The normalized spacial score (nSPS) is 18.0. The van der Waals surface area contributed by atoms with Crippen molar-refractivity contribution < 1.29 is 23.8 Å². The third-order valence-corrected chi connectivity index (χ3v) is 8.05. The van der Waals surface area contributed by atoms with Gasteiger partial charge in [0.05, 0.1) is 6.54 Å². The second kappa shape index (κ2) is 9.45. The molecule has 1 N–H and O–H groups in total.